The number of rotatable bonds is 3. The molecule has 76 valence electrons. The zero-order valence-corrected chi connectivity index (χ0v) is 8.68. The summed E-state index contributed by atoms with van der Waals surface area (Å²) in [6.45, 7) is 7.94. The second-order valence-corrected chi connectivity index (χ2v) is 3.85. The van der Waals surface area contributed by atoms with Gasteiger partial charge in [-0.25, -0.2) is 0 Å². The number of carbonyl (C=O) groups is 1. The molecule has 0 spiro atoms. The smallest absolute Gasteiger partial charge is 0.222 e. The Balaban J connectivity index is 2.29. The Bertz CT molecular complexity index is 164. The highest BCUT2D eigenvalue weighted by Gasteiger charge is 2.17. The van der Waals surface area contributed by atoms with Crippen LogP contribution in [0, 0.1) is 5.92 Å². The molecular weight excluding hydrogens is 164 g/mol. The number of nitrogens with zero attached hydrogens (tertiary/aromatic N) is 1. The molecule has 3 nitrogen and oxygen atoms in total. The number of carbonyl (C=O) groups excluding carboxylic acids is 1. The predicted molar refractivity (Wildman–Crippen MR) is 53.5 cm³/mol. The number of amides is 1. The zero-order valence-electron chi connectivity index (χ0n) is 8.68. The SMILES string of the molecule is CCC(C)CC(=O)N1CCNCC1. The second-order valence-electron chi connectivity index (χ2n) is 3.85. The molecule has 0 aromatic carbocycles. The maximum atomic E-state index is 11.7. The predicted octanol–water partition coefficient (Wildman–Crippen LogP) is 0.854. The van der Waals surface area contributed by atoms with Crippen LogP contribution in [0.5, 0.6) is 0 Å². The van der Waals surface area contributed by atoms with E-state index in [4.69, 9.17) is 0 Å². The molecule has 0 aromatic heterocycles. The van der Waals surface area contributed by atoms with Crippen molar-refractivity contribution in [3.63, 3.8) is 0 Å². The zero-order chi connectivity index (χ0) is 9.68. The van der Waals surface area contributed by atoms with Crippen LogP contribution in [0.2, 0.25) is 0 Å². The Morgan fingerprint density at radius 2 is 2.08 bits per heavy atom. The first-order chi connectivity index (χ1) is 6.24. The molecule has 0 saturated carbocycles. The van der Waals surface area contributed by atoms with Gasteiger partial charge in [-0.15, -0.1) is 0 Å². The van der Waals surface area contributed by atoms with E-state index in [0.717, 1.165) is 39.0 Å². The van der Waals surface area contributed by atoms with Crippen LogP contribution in [0.1, 0.15) is 26.7 Å². The van der Waals surface area contributed by atoms with Gasteiger partial charge < -0.3 is 10.2 Å². The highest BCUT2D eigenvalue weighted by atomic mass is 16.2. The number of piperazine rings is 1. The van der Waals surface area contributed by atoms with Gasteiger partial charge in [-0.1, -0.05) is 20.3 Å². The summed E-state index contributed by atoms with van der Waals surface area (Å²) < 4.78 is 0. The lowest BCUT2D eigenvalue weighted by molar-refractivity contribution is -0.132. The molecule has 1 aliphatic heterocycles. The Morgan fingerprint density at radius 3 is 2.62 bits per heavy atom. The van der Waals surface area contributed by atoms with Crippen molar-refractivity contribution in [2.75, 3.05) is 26.2 Å². The summed E-state index contributed by atoms with van der Waals surface area (Å²) >= 11 is 0. The van der Waals surface area contributed by atoms with Gasteiger partial charge in [0, 0.05) is 32.6 Å². The van der Waals surface area contributed by atoms with Crippen molar-refractivity contribution in [2.45, 2.75) is 26.7 Å². The molecule has 0 aromatic rings. The molecule has 0 aliphatic carbocycles. The Morgan fingerprint density at radius 1 is 1.46 bits per heavy atom. The average molecular weight is 184 g/mol. The topological polar surface area (TPSA) is 32.3 Å². The van der Waals surface area contributed by atoms with Crippen LogP contribution in [-0.4, -0.2) is 37.0 Å². The molecule has 1 saturated heterocycles. The average Bonchev–Trinajstić information content (AvgIpc) is 2.19. The normalized spacial score (nSPS) is 20.0. The van der Waals surface area contributed by atoms with E-state index in [-0.39, 0.29) is 0 Å². The van der Waals surface area contributed by atoms with Crippen LogP contribution in [0.4, 0.5) is 0 Å². The van der Waals surface area contributed by atoms with Crippen molar-refractivity contribution < 1.29 is 4.79 Å². The minimum Gasteiger partial charge on any atom is -0.340 e. The van der Waals surface area contributed by atoms with Crippen LogP contribution < -0.4 is 5.32 Å². The minimum absolute atomic E-state index is 0.329. The first-order valence-corrected chi connectivity index (χ1v) is 5.22. The Hall–Kier alpha value is -0.570. The van der Waals surface area contributed by atoms with Gasteiger partial charge in [0.05, 0.1) is 0 Å². The van der Waals surface area contributed by atoms with Crippen LogP contribution in [0.15, 0.2) is 0 Å². The quantitative estimate of drug-likeness (QED) is 0.705. The van der Waals surface area contributed by atoms with Gasteiger partial charge in [0.25, 0.3) is 0 Å². The highest BCUT2D eigenvalue weighted by Crippen LogP contribution is 2.09. The molecule has 13 heavy (non-hydrogen) atoms. The summed E-state index contributed by atoms with van der Waals surface area (Å²) in [5.74, 6) is 0.859. The van der Waals surface area contributed by atoms with Crippen LogP contribution in [-0.2, 0) is 4.79 Å². The number of hydrogen-bond acceptors (Lipinski definition) is 2. The minimum atomic E-state index is 0.329. The van der Waals surface area contributed by atoms with Crippen molar-refractivity contribution in [3.05, 3.63) is 0 Å². The van der Waals surface area contributed by atoms with Crippen LogP contribution >= 0.6 is 0 Å². The lowest BCUT2D eigenvalue weighted by atomic mass is 10.0. The van der Waals surface area contributed by atoms with Gasteiger partial charge in [0.2, 0.25) is 5.91 Å². The summed E-state index contributed by atoms with van der Waals surface area (Å²) in [5.41, 5.74) is 0. The lowest BCUT2D eigenvalue weighted by Crippen LogP contribution is -2.46. The second kappa shape index (κ2) is 5.22. The molecule has 1 atom stereocenters. The van der Waals surface area contributed by atoms with E-state index in [1.807, 2.05) is 4.90 Å². The monoisotopic (exact) mass is 184 g/mol. The third-order valence-corrected chi connectivity index (χ3v) is 2.69. The summed E-state index contributed by atoms with van der Waals surface area (Å²) in [6, 6.07) is 0. The number of hydrogen-bond donors (Lipinski definition) is 1. The standard InChI is InChI=1S/C10H20N2O/c1-3-9(2)8-10(13)12-6-4-11-5-7-12/h9,11H,3-8H2,1-2H3. The van der Waals surface area contributed by atoms with Crippen molar-refractivity contribution in [1.29, 1.82) is 0 Å². The third-order valence-electron chi connectivity index (χ3n) is 2.69. The van der Waals surface area contributed by atoms with Crippen molar-refractivity contribution in [2.24, 2.45) is 5.92 Å². The fraction of sp³-hybridized carbons (Fsp3) is 0.900. The van der Waals surface area contributed by atoms with Gasteiger partial charge in [-0.3, -0.25) is 4.79 Å². The van der Waals surface area contributed by atoms with E-state index < -0.39 is 0 Å². The van der Waals surface area contributed by atoms with E-state index in [0.29, 0.717) is 11.8 Å². The molecule has 0 radical (unpaired) electrons. The Kier molecular flexibility index (Phi) is 4.22. The van der Waals surface area contributed by atoms with Gasteiger partial charge in [-0.05, 0) is 5.92 Å². The summed E-state index contributed by atoms with van der Waals surface area (Å²) in [4.78, 5) is 13.6. The van der Waals surface area contributed by atoms with E-state index in [9.17, 15) is 4.79 Å². The largest absolute Gasteiger partial charge is 0.340 e. The molecule has 1 unspecified atom stereocenters. The first-order valence-electron chi connectivity index (χ1n) is 5.22. The molecule has 3 heteroatoms. The van der Waals surface area contributed by atoms with Crippen LogP contribution in [0.3, 0.4) is 0 Å². The number of nitrogens with one attached hydrogen (secondary N) is 1. The molecular formula is C10H20N2O. The summed E-state index contributed by atoms with van der Waals surface area (Å²) in [5, 5.41) is 3.24. The summed E-state index contributed by atoms with van der Waals surface area (Å²) in [7, 11) is 0. The third kappa shape index (κ3) is 3.35. The fourth-order valence-electron chi connectivity index (χ4n) is 1.49. The van der Waals surface area contributed by atoms with Crippen LogP contribution in [0.25, 0.3) is 0 Å². The van der Waals surface area contributed by atoms with Gasteiger partial charge >= 0.3 is 0 Å². The van der Waals surface area contributed by atoms with Crippen molar-refractivity contribution >= 4 is 5.91 Å². The molecule has 1 N–H and O–H groups in total. The van der Waals surface area contributed by atoms with Crippen molar-refractivity contribution in [3.8, 4) is 0 Å². The van der Waals surface area contributed by atoms with Gasteiger partial charge in [0.1, 0.15) is 0 Å². The Labute approximate surface area is 80.5 Å². The van der Waals surface area contributed by atoms with E-state index in [1.165, 1.54) is 0 Å². The molecule has 1 aliphatic rings. The van der Waals surface area contributed by atoms with Gasteiger partial charge in [0.15, 0.2) is 0 Å². The highest BCUT2D eigenvalue weighted by molar-refractivity contribution is 5.76. The fourth-order valence-corrected chi connectivity index (χ4v) is 1.49. The van der Waals surface area contributed by atoms with Crippen molar-refractivity contribution in [1.82, 2.24) is 10.2 Å². The van der Waals surface area contributed by atoms with E-state index in [1.54, 1.807) is 0 Å². The first kappa shape index (κ1) is 10.5. The summed E-state index contributed by atoms with van der Waals surface area (Å²) in [6.07, 6.45) is 1.81. The lowest BCUT2D eigenvalue weighted by Gasteiger charge is -2.28. The molecule has 1 rings (SSSR count). The van der Waals surface area contributed by atoms with E-state index in [2.05, 4.69) is 19.2 Å². The molecule has 0 bridgehead atoms. The maximum absolute atomic E-state index is 11.7. The maximum Gasteiger partial charge on any atom is 0.222 e. The molecule has 1 amide bonds. The molecule has 1 heterocycles. The molecule has 1 fully saturated rings. The van der Waals surface area contributed by atoms with E-state index >= 15 is 0 Å². The van der Waals surface area contributed by atoms with Gasteiger partial charge in [-0.2, -0.15) is 0 Å².